The second-order valence-corrected chi connectivity index (χ2v) is 12.3. The lowest BCUT2D eigenvalue weighted by Gasteiger charge is -2.36. The van der Waals surface area contributed by atoms with Crippen LogP contribution in [0.2, 0.25) is 0 Å². The first-order chi connectivity index (χ1) is 21.1. The third kappa shape index (κ3) is 6.60. The molecule has 2 aliphatic heterocycles. The second-order valence-electron chi connectivity index (χ2n) is 12.3. The van der Waals surface area contributed by atoms with E-state index in [1.165, 1.54) is 11.9 Å². The molecule has 2 saturated heterocycles. The summed E-state index contributed by atoms with van der Waals surface area (Å²) in [5.41, 5.74) is 3.88. The first kappa shape index (κ1) is 29.4. The maximum atomic E-state index is 13.0. The molecule has 2 aromatic heterocycles. The standard InChI is InChI=1S/C32H39N9O3/c1-32(2,3)44-31(43)40-19-17-39(18-20-40)25-9-11-26(12-10-25)41-28(42)22-33-27-21-34-30(36-29(27)41)35-23-5-7-24(8-6-23)38-15-13-37(4)14-16-38/h5-12,21-22H,13-20H2,1-4H3,(H,34,35,36). The van der Waals surface area contributed by atoms with Crippen LogP contribution < -0.4 is 20.7 Å². The molecule has 6 rings (SSSR count). The van der Waals surface area contributed by atoms with Crippen LogP contribution in [-0.2, 0) is 4.74 Å². The summed E-state index contributed by atoms with van der Waals surface area (Å²) in [7, 11) is 2.15. The SMILES string of the molecule is CN1CCN(c2ccc(Nc3ncc4ncc(=O)n(-c5ccc(N6CCN(C(=O)OC(C)(C)C)CC6)cc5)c4n3)cc2)CC1. The molecule has 230 valence electrons. The number of piperazine rings is 2. The van der Waals surface area contributed by atoms with Gasteiger partial charge in [0.1, 0.15) is 11.1 Å². The zero-order valence-corrected chi connectivity index (χ0v) is 25.7. The number of carbonyl (C=O) groups excluding carboxylic acids is 1. The van der Waals surface area contributed by atoms with Gasteiger partial charge in [-0.15, -0.1) is 0 Å². The molecule has 1 amide bonds. The van der Waals surface area contributed by atoms with Gasteiger partial charge in [-0.1, -0.05) is 0 Å². The molecular weight excluding hydrogens is 558 g/mol. The Balaban J connectivity index is 1.16. The number of nitrogens with zero attached hydrogens (tertiary/aromatic N) is 8. The average molecular weight is 598 g/mol. The van der Waals surface area contributed by atoms with E-state index >= 15 is 0 Å². The van der Waals surface area contributed by atoms with Crippen LogP contribution in [0.25, 0.3) is 16.9 Å². The number of hydrogen-bond donors (Lipinski definition) is 1. The molecule has 44 heavy (non-hydrogen) atoms. The molecule has 0 aliphatic carbocycles. The van der Waals surface area contributed by atoms with Crippen molar-refractivity contribution in [3.05, 3.63) is 71.3 Å². The van der Waals surface area contributed by atoms with Gasteiger partial charge in [-0.2, -0.15) is 4.98 Å². The van der Waals surface area contributed by atoms with Crippen molar-refractivity contribution >= 4 is 40.3 Å². The molecule has 4 aromatic rings. The normalized spacial score (nSPS) is 16.3. The summed E-state index contributed by atoms with van der Waals surface area (Å²) >= 11 is 0. The van der Waals surface area contributed by atoms with E-state index < -0.39 is 5.60 Å². The Kier molecular flexibility index (Phi) is 8.09. The molecular formula is C32H39N9O3. The van der Waals surface area contributed by atoms with E-state index in [1.807, 2.05) is 57.2 Å². The van der Waals surface area contributed by atoms with Crippen LogP contribution in [0.3, 0.4) is 0 Å². The number of benzene rings is 2. The molecule has 0 unspecified atom stereocenters. The van der Waals surface area contributed by atoms with Crippen LogP contribution in [0.4, 0.5) is 27.8 Å². The molecule has 0 spiro atoms. The number of hydrogen-bond acceptors (Lipinski definition) is 10. The van der Waals surface area contributed by atoms with E-state index in [4.69, 9.17) is 9.72 Å². The van der Waals surface area contributed by atoms with Crippen molar-refractivity contribution in [1.29, 1.82) is 0 Å². The quantitative estimate of drug-likeness (QED) is 0.365. The summed E-state index contributed by atoms with van der Waals surface area (Å²) in [5, 5.41) is 3.27. The third-order valence-electron chi connectivity index (χ3n) is 7.89. The van der Waals surface area contributed by atoms with E-state index in [1.54, 1.807) is 15.7 Å². The fourth-order valence-electron chi connectivity index (χ4n) is 5.45. The van der Waals surface area contributed by atoms with Gasteiger partial charge in [-0.05, 0) is 76.3 Å². The smallest absolute Gasteiger partial charge is 0.410 e. The van der Waals surface area contributed by atoms with Crippen molar-refractivity contribution in [3.8, 4) is 5.69 Å². The summed E-state index contributed by atoms with van der Waals surface area (Å²) in [6, 6.07) is 16.0. The summed E-state index contributed by atoms with van der Waals surface area (Å²) in [6.45, 7) is 12.3. The van der Waals surface area contributed by atoms with Gasteiger partial charge in [0.15, 0.2) is 5.65 Å². The Morgan fingerprint density at radius 2 is 1.34 bits per heavy atom. The van der Waals surface area contributed by atoms with Gasteiger partial charge in [0.05, 0.1) is 18.1 Å². The first-order valence-corrected chi connectivity index (χ1v) is 15.0. The van der Waals surface area contributed by atoms with Crippen molar-refractivity contribution in [2.75, 3.05) is 74.5 Å². The van der Waals surface area contributed by atoms with Crippen LogP contribution in [0.5, 0.6) is 0 Å². The zero-order valence-electron chi connectivity index (χ0n) is 25.7. The molecule has 1 N–H and O–H groups in total. The van der Waals surface area contributed by atoms with Gasteiger partial charge in [-0.25, -0.2) is 14.8 Å². The molecule has 0 radical (unpaired) electrons. The number of likely N-dealkylation sites (N-methyl/N-ethyl adjacent to an activating group) is 1. The molecule has 0 atom stereocenters. The van der Waals surface area contributed by atoms with Gasteiger partial charge in [0, 0.05) is 69.4 Å². The lowest BCUT2D eigenvalue weighted by Crippen LogP contribution is -2.50. The average Bonchev–Trinajstić information content (AvgIpc) is 3.01. The van der Waals surface area contributed by atoms with Crippen LogP contribution >= 0.6 is 0 Å². The minimum absolute atomic E-state index is 0.280. The van der Waals surface area contributed by atoms with Crippen LogP contribution in [0.1, 0.15) is 20.8 Å². The minimum atomic E-state index is -0.517. The van der Waals surface area contributed by atoms with Gasteiger partial charge in [0.25, 0.3) is 5.56 Å². The fourth-order valence-corrected chi connectivity index (χ4v) is 5.45. The highest BCUT2D eigenvalue weighted by Gasteiger charge is 2.26. The van der Waals surface area contributed by atoms with E-state index in [-0.39, 0.29) is 11.7 Å². The molecule has 2 aliphatic rings. The number of carbonyl (C=O) groups is 1. The monoisotopic (exact) mass is 597 g/mol. The summed E-state index contributed by atoms with van der Waals surface area (Å²) < 4.78 is 7.07. The van der Waals surface area contributed by atoms with Crippen molar-refractivity contribution in [3.63, 3.8) is 0 Å². The van der Waals surface area contributed by atoms with E-state index in [0.717, 1.165) is 37.6 Å². The van der Waals surface area contributed by atoms with Gasteiger partial charge in [0.2, 0.25) is 5.95 Å². The van der Waals surface area contributed by atoms with Crippen molar-refractivity contribution in [1.82, 2.24) is 29.3 Å². The van der Waals surface area contributed by atoms with Gasteiger partial charge >= 0.3 is 6.09 Å². The molecule has 12 heteroatoms. The van der Waals surface area contributed by atoms with Crippen LogP contribution in [0.15, 0.2) is 65.7 Å². The molecule has 12 nitrogen and oxygen atoms in total. The number of fused-ring (bicyclic) bond motifs is 1. The Labute approximate surface area is 256 Å². The van der Waals surface area contributed by atoms with Crippen LogP contribution in [0, 0.1) is 0 Å². The molecule has 2 fully saturated rings. The van der Waals surface area contributed by atoms with Crippen molar-refractivity contribution in [2.45, 2.75) is 26.4 Å². The highest BCUT2D eigenvalue weighted by Crippen LogP contribution is 2.24. The number of ether oxygens (including phenoxy) is 1. The van der Waals surface area contributed by atoms with E-state index in [9.17, 15) is 9.59 Å². The third-order valence-corrected chi connectivity index (χ3v) is 7.89. The number of amides is 1. The first-order valence-electron chi connectivity index (χ1n) is 15.0. The summed E-state index contributed by atoms with van der Waals surface area (Å²) in [4.78, 5) is 47.6. The number of rotatable bonds is 5. The lowest BCUT2D eigenvalue weighted by atomic mass is 10.2. The van der Waals surface area contributed by atoms with Crippen molar-refractivity contribution < 1.29 is 9.53 Å². The Morgan fingerprint density at radius 1 is 0.773 bits per heavy atom. The summed E-state index contributed by atoms with van der Waals surface area (Å²) in [5.74, 6) is 0.380. The molecule has 0 saturated carbocycles. The molecule has 2 aromatic carbocycles. The van der Waals surface area contributed by atoms with Gasteiger partial charge in [-0.3, -0.25) is 9.36 Å². The largest absolute Gasteiger partial charge is 0.444 e. The van der Waals surface area contributed by atoms with E-state index in [0.29, 0.717) is 49.0 Å². The Morgan fingerprint density at radius 3 is 1.95 bits per heavy atom. The van der Waals surface area contributed by atoms with Crippen molar-refractivity contribution in [2.24, 2.45) is 0 Å². The summed E-state index contributed by atoms with van der Waals surface area (Å²) in [6.07, 6.45) is 2.63. The van der Waals surface area contributed by atoms with Crippen LogP contribution in [-0.4, -0.2) is 100 Å². The topological polar surface area (TPSA) is 112 Å². The minimum Gasteiger partial charge on any atom is -0.444 e. The lowest BCUT2D eigenvalue weighted by molar-refractivity contribution is 0.0240. The fraction of sp³-hybridized carbons (Fsp3) is 0.406. The number of anilines is 4. The Hall–Kier alpha value is -4.71. The zero-order chi connectivity index (χ0) is 30.8. The predicted molar refractivity (Wildman–Crippen MR) is 172 cm³/mol. The highest BCUT2D eigenvalue weighted by atomic mass is 16.6. The molecule has 0 bridgehead atoms. The number of aromatic nitrogens is 4. The highest BCUT2D eigenvalue weighted by molar-refractivity contribution is 5.74. The van der Waals surface area contributed by atoms with Gasteiger partial charge < -0.3 is 29.7 Å². The maximum absolute atomic E-state index is 13.0. The maximum Gasteiger partial charge on any atom is 0.410 e. The Bertz CT molecular complexity index is 1670. The number of nitrogens with one attached hydrogen (secondary N) is 1. The second kappa shape index (κ2) is 12.1. The molecule has 4 heterocycles. The predicted octanol–water partition coefficient (Wildman–Crippen LogP) is 3.73. The van der Waals surface area contributed by atoms with E-state index in [2.05, 4.69) is 49.2 Å².